The molecule has 14 heavy (non-hydrogen) atoms. The monoisotopic (exact) mass is 220 g/mol. The molecule has 3 nitrogen and oxygen atoms in total. The molecule has 0 aliphatic rings. The molecule has 0 saturated heterocycles. The Kier molecular flexibility index (Phi) is 6.60. The SMILES string of the molecule is CCC(CC(C)C)[Si](OC)(OC)OC. The third-order valence-electron chi connectivity index (χ3n) is 2.60. The van der Waals surface area contributed by atoms with Gasteiger partial charge in [0.05, 0.1) is 0 Å². The summed E-state index contributed by atoms with van der Waals surface area (Å²) in [6, 6.07) is 0. The Morgan fingerprint density at radius 3 is 1.64 bits per heavy atom. The molecule has 0 amide bonds. The predicted molar refractivity (Wildman–Crippen MR) is 60.3 cm³/mol. The van der Waals surface area contributed by atoms with Gasteiger partial charge < -0.3 is 13.3 Å². The van der Waals surface area contributed by atoms with E-state index < -0.39 is 8.80 Å². The first-order valence-corrected chi connectivity index (χ1v) is 7.01. The molecule has 0 rings (SSSR count). The molecular weight excluding hydrogens is 196 g/mol. The van der Waals surface area contributed by atoms with Crippen molar-refractivity contribution in [1.82, 2.24) is 0 Å². The van der Waals surface area contributed by atoms with E-state index in [4.69, 9.17) is 13.3 Å². The highest BCUT2D eigenvalue weighted by Gasteiger charge is 2.46. The molecule has 0 spiro atoms. The van der Waals surface area contributed by atoms with Crippen LogP contribution in [0.25, 0.3) is 0 Å². The first-order valence-electron chi connectivity index (χ1n) is 5.21. The van der Waals surface area contributed by atoms with Crippen LogP contribution in [0.5, 0.6) is 0 Å². The molecule has 0 aliphatic carbocycles. The third kappa shape index (κ3) is 3.35. The minimum atomic E-state index is -2.41. The summed E-state index contributed by atoms with van der Waals surface area (Å²) in [5, 5.41) is 0. The predicted octanol–water partition coefficient (Wildman–Crippen LogP) is 2.69. The molecule has 4 heteroatoms. The maximum atomic E-state index is 5.48. The molecule has 0 aliphatic heterocycles. The summed E-state index contributed by atoms with van der Waals surface area (Å²) in [6.45, 7) is 6.58. The Bertz CT molecular complexity index is 138. The molecule has 0 aromatic rings. The smallest absolute Gasteiger partial charge is 0.377 e. The van der Waals surface area contributed by atoms with Crippen molar-refractivity contribution in [3.63, 3.8) is 0 Å². The van der Waals surface area contributed by atoms with Gasteiger partial charge in [0.2, 0.25) is 0 Å². The summed E-state index contributed by atoms with van der Waals surface area (Å²) < 4.78 is 16.5. The van der Waals surface area contributed by atoms with Crippen molar-refractivity contribution in [3.8, 4) is 0 Å². The molecule has 0 aromatic heterocycles. The average molecular weight is 220 g/mol. The molecule has 0 radical (unpaired) electrons. The Hall–Kier alpha value is 0.0969. The van der Waals surface area contributed by atoms with Crippen LogP contribution in [-0.2, 0) is 13.3 Å². The first kappa shape index (κ1) is 14.1. The minimum absolute atomic E-state index is 0.405. The van der Waals surface area contributed by atoms with Crippen LogP contribution >= 0.6 is 0 Å². The van der Waals surface area contributed by atoms with Crippen molar-refractivity contribution >= 4 is 8.80 Å². The quantitative estimate of drug-likeness (QED) is 0.617. The summed E-state index contributed by atoms with van der Waals surface area (Å²) in [7, 11) is 2.64. The van der Waals surface area contributed by atoms with Crippen LogP contribution in [0.1, 0.15) is 33.6 Å². The summed E-state index contributed by atoms with van der Waals surface area (Å²) in [5.41, 5.74) is 0.405. The lowest BCUT2D eigenvalue weighted by Gasteiger charge is -2.32. The Labute approximate surface area is 89.1 Å². The Morgan fingerprint density at radius 1 is 1.00 bits per heavy atom. The molecule has 0 fully saturated rings. The van der Waals surface area contributed by atoms with E-state index in [1.54, 1.807) is 21.3 Å². The maximum absolute atomic E-state index is 5.48. The van der Waals surface area contributed by atoms with Gasteiger partial charge in [-0.05, 0) is 18.8 Å². The zero-order valence-corrected chi connectivity index (χ0v) is 11.3. The van der Waals surface area contributed by atoms with E-state index in [1.807, 2.05) is 0 Å². The van der Waals surface area contributed by atoms with Crippen molar-refractivity contribution in [2.45, 2.75) is 39.2 Å². The van der Waals surface area contributed by atoms with Crippen LogP contribution in [-0.4, -0.2) is 30.1 Å². The fourth-order valence-corrected chi connectivity index (χ4v) is 4.64. The first-order chi connectivity index (χ1) is 6.56. The molecule has 0 heterocycles. The van der Waals surface area contributed by atoms with Gasteiger partial charge in [-0.1, -0.05) is 20.8 Å². The molecule has 1 atom stereocenters. The highest BCUT2D eigenvalue weighted by Crippen LogP contribution is 2.33. The van der Waals surface area contributed by atoms with E-state index in [1.165, 1.54) is 0 Å². The van der Waals surface area contributed by atoms with Crippen LogP contribution in [0.15, 0.2) is 0 Å². The van der Waals surface area contributed by atoms with E-state index >= 15 is 0 Å². The lowest BCUT2D eigenvalue weighted by Crippen LogP contribution is -2.47. The zero-order chi connectivity index (χ0) is 11.2. The largest absolute Gasteiger partial charge is 0.503 e. The van der Waals surface area contributed by atoms with E-state index in [0.717, 1.165) is 12.8 Å². The topological polar surface area (TPSA) is 27.7 Å². The van der Waals surface area contributed by atoms with Gasteiger partial charge in [0.25, 0.3) is 0 Å². The van der Waals surface area contributed by atoms with Gasteiger partial charge in [-0.25, -0.2) is 0 Å². The number of rotatable bonds is 7. The molecule has 0 N–H and O–H groups in total. The highest BCUT2D eigenvalue weighted by atomic mass is 28.4. The van der Waals surface area contributed by atoms with E-state index in [-0.39, 0.29) is 0 Å². The maximum Gasteiger partial charge on any atom is 0.503 e. The van der Waals surface area contributed by atoms with Crippen molar-refractivity contribution in [2.24, 2.45) is 5.92 Å². The Morgan fingerprint density at radius 2 is 1.43 bits per heavy atom. The number of hydrogen-bond acceptors (Lipinski definition) is 3. The van der Waals surface area contributed by atoms with Crippen LogP contribution < -0.4 is 0 Å². The fraction of sp³-hybridized carbons (Fsp3) is 1.00. The lowest BCUT2D eigenvalue weighted by atomic mass is 10.1. The minimum Gasteiger partial charge on any atom is -0.377 e. The second-order valence-electron chi connectivity index (χ2n) is 3.95. The molecule has 0 bridgehead atoms. The molecule has 0 aromatic carbocycles. The summed E-state index contributed by atoms with van der Waals surface area (Å²) in [5.74, 6) is 0.646. The second kappa shape index (κ2) is 6.56. The van der Waals surface area contributed by atoms with E-state index in [0.29, 0.717) is 11.5 Å². The highest BCUT2D eigenvalue weighted by molar-refractivity contribution is 6.62. The molecule has 0 saturated carbocycles. The standard InChI is InChI=1S/C10H24O3Si/c1-7-10(8-9(2)3)14(11-4,12-5)13-6/h9-10H,7-8H2,1-6H3. The average Bonchev–Trinajstić information content (AvgIpc) is 2.19. The van der Waals surface area contributed by atoms with E-state index in [9.17, 15) is 0 Å². The van der Waals surface area contributed by atoms with Crippen LogP contribution in [0.2, 0.25) is 5.54 Å². The van der Waals surface area contributed by atoms with Gasteiger partial charge in [0.1, 0.15) is 0 Å². The van der Waals surface area contributed by atoms with Gasteiger partial charge in [0.15, 0.2) is 0 Å². The Balaban J connectivity index is 4.56. The van der Waals surface area contributed by atoms with Gasteiger partial charge in [-0.15, -0.1) is 0 Å². The summed E-state index contributed by atoms with van der Waals surface area (Å²) in [6.07, 6.45) is 2.14. The van der Waals surface area contributed by atoms with Crippen molar-refractivity contribution in [1.29, 1.82) is 0 Å². The normalized spacial score (nSPS) is 14.8. The van der Waals surface area contributed by atoms with Crippen molar-refractivity contribution in [2.75, 3.05) is 21.3 Å². The van der Waals surface area contributed by atoms with Crippen LogP contribution in [0.4, 0.5) is 0 Å². The third-order valence-corrected chi connectivity index (χ3v) is 5.95. The molecule has 1 unspecified atom stereocenters. The summed E-state index contributed by atoms with van der Waals surface area (Å²) in [4.78, 5) is 0. The fourth-order valence-electron chi connectivity index (χ4n) is 1.88. The van der Waals surface area contributed by atoms with Gasteiger partial charge in [-0.3, -0.25) is 0 Å². The summed E-state index contributed by atoms with van der Waals surface area (Å²) >= 11 is 0. The molecular formula is C10H24O3Si. The second-order valence-corrected chi connectivity index (χ2v) is 7.20. The number of hydrogen-bond donors (Lipinski definition) is 0. The van der Waals surface area contributed by atoms with Crippen LogP contribution in [0.3, 0.4) is 0 Å². The van der Waals surface area contributed by atoms with Crippen molar-refractivity contribution < 1.29 is 13.3 Å². The zero-order valence-electron chi connectivity index (χ0n) is 10.3. The van der Waals surface area contributed by atoms with Crippen LogP contribution in [0, 0.1) is 5.92 Å². The van der Waals surface area contributed by atoms with Crippen molar-refractivity contribution in [3.05, 3.63) is 0 Å². The lowest BCUT2D eigenvalue weighted by molar-refractivity contribution is 0.106. The van der Waals surface area contributed by atoms with Gasteiger partial charge in [0, 0.05) is 26.9 Å². The van der Waals surface area contributed by atoms with E-state index in [2.05, 4.69) is 20.8 Å². The van der Waals surface area contributed by atoms with Gasteiger partial charge >= 0.3 is 8.80 Å². The molecule has 86 valence electrons. The van der Waals surface area contributed by atoms with Gasteiger partial charge in [-0.2, -0.15) is 0 Å².